The molecule has 2 saturated heterocycles. The molecule has 0 aromatic heterocycles. The molecule has 31 heavy (non-hydrogen) atoms. The number of benzene rings is 1. The fourth-order valence-corrected chi connectivity index (χ4v) is 4.39. The number of ether oxygens (including phenoxy) is 1. The number of imide groups is 1. The highest BCUT2D eigenvalue weighted by atomic mass is 35.5. The molecule has 2 aliphatic heterocycles. The van der Waals surface area contributed by atoms with Crippen LogP contribution >= 0.6 is 12.4 Å². The third-order valence-electron chi connectivity index (χ3n) is 6.39. The smallest absolute Gasteiger partial charge is 0.234 e. The molecule has 2 heterocycles. The van der Waals surface area contributed by atoms with Gasteiger partial charge in [-0.15, -0.1) is 12.4 Å². The molecular formula is C23H35ClN4O3. The molecule has 0 spiro atoms. The van der Waals surface area contributed by atoms with Crippen molar-refractivity contribution < 1.29 is 14.3 Å². The van der Waals surface area contributed by atoms with Gasteiger partial charge in [0.05, 0.1) is 18.2 Å². The summed E-state index contributed by atoms with van der Waals surface area (Å²) >= 11 is 0. The Morgan fingerprint density at radius 2 is 1.81 bits per heavy atom. The second-order valence-electron chi connectivity index (χ2n) is 8.75. The lowest BCUT2D eigenvalue weighted by Crippen LogP contribution is -2.47. The van der Waals surface area contributed by atoms with E-state index in [4.69, 9.17) is 4.74 Å². The van der Waals surface area contributed by atoms with Crippen LogP contribution in [0.25, 0.3) is 0 Å². The van der Waals surface area contributed by atoms with Crippen molar-refractivity contribution in [2.45, 2.75) is 25.7 Å². The van der Waals surface area contributed by atoms with Crippen molar-refractivity contribution in [1.29, 1.82) is 0 Å². The Bertz CT molecular complexity index is 750. The lowest BCUT2D eigenvalue weighted by molar-refractivity contribution is -0.139. The highest BCUT2D eigenvalue weighted by Crippen LogP contribution is 2.33. The first kappa shape index (κ1) is 23.8. The van der Waals surface area contributed by atoms with E-state index in [0.717, 1.165) is 57.4 Å². The molecule has 1 atom stereocenters. The van der Waals surface area contributed by atoms with Crippen LogP contribution in [0.2, 0.25) is 0 Å². The predicted molar refractivity (Wildman–Crippen MR) is 124 cm³/mol. The number of nitrogens with one attached hydrogen (secondary N) is 1. The van der Waals surface area contributed by atoms with Gasteiger partial charge in [0.1, 0.15) is 5.75 Å². The van der Waals surface area contributed by atoms with E-state index in [0.29, 0.717) is 19.5 Å². The number of likely N-dealkylation sites (tertiary alicyclic amines) is 1. The third kappa shape index (κ3) is 6.11. The van der Waals surface area contributed by atoms with E-state index >= 15 is 0 Å². The Morgan fingerprint density at radius 3 is 2.52 bits per heavy atom. The number of para-hydroxylation sites is 2. The van der Waals surface area contributed by atoms with E-state index in [-0.39, 0.29) is 30.1 Å². The van der Waals surface area contributed by atoms with Crippen molar-refractivity contribution in [3.05, 3.63) is 24.3 Å². The van der Waals surface area contributed by atoms with Crippen molar-refractivity contribution in [2.75, 3.05) is 64.4 Å². The van der Waals surface area contributed by atoms with Crippen LogP contribution in [0.15, 0.2) is 24.3 Å². The summed E-state index contributed by atoms with van der Waals surface area (Å²) in [6, 6.07) is 8.36. The van der Waals surface area contributed by atoms with Gasteiger partial charge >= 0.3 is 0 Å². The minimum atomic E-state index is -0.187. The molecule has 4 rings (SSSR count). The summed E-state index contributed by atoms with van der Waals surface area (Å²) in [6.45, 7) is 6.78. The van der Waals surface area contributed by atoms with Gasteiger partial charge in [0.15, 0.2) is 0 Å². The van der Waals surface area contributed by atoms with E-state index in [2.05, 4.69) is 33.3 Å². The van der Waals surface area contributed by atoms with Crippen molar-refractivity contribution in [3.8, 4) is 5.75 Å². The molecule has 172 valence electrons. The van der Waals surface area contributed by atoms with Crippen molar-refractivity contribution >= 4 is 29.9 Å². The number of halogens is 1. The van der Waals surface area contributed by atoms with Gasteiger partial charge in [0.2, 0.25) is 11.8 Å². The van der Waals surface area contributed by atoms with Gasteiger partial charge in [-0.05, 0) is 50.9 Å². The topological polar surface area (TPSA) is 65.1 Å². The van der Waals surface area contributed by atoms with Crippen molar-refractivity contribution in [3.63, 3.8) is 0 Å². The van der Waals surface area contributed by atoms with E-state index < -0.39 is 0 Å². The summed E-state index contributed by atoms with van der Waals surface area (Å²) in [5, 5.41) is 3.01. The molecule has 8 heteroatoms. The largest absolute Gasteiger partial charge is 0.491 e. The van der Waals surface area contributed by atoms with Crippen LogP contribution in [0.5, 0.6) is 5.75 Å². The molecule has 0 bridgehead atoms. The SMILES string of the molecule is CNCC1CC(=O)N(CCCN2CCN(c3ccccc3OCC3CC3)CC2)C1=O.Cl. The number of anilines is 1. The van der Waals surface area contributed by atoms with Crippen molar-refractivity contribution in [1.82, 2.24) is 15.1 Å². The highest BCUT2D eigenvalue weighted by Gasteiger charge is 2.37. The van der Waals surface area contributed by atoms with E-state index in [1.165, 1.54) is 23.4 Å². The number of carbonyl (C=O) groups excluding carboxylic acids is 2. The van der Waals surface area contributed by atoms with Gasteiger partial charge in [-0.25, -0.2) is 0 Å². The summed E-state index contributed by atoms with van der Waals surface area (Å²) in [7, 11) is 1.82. The van der Waals surface area contributed by atoms with Gasteiger partial charge in [0, 0.05) is 45.7 Å². The molecular weight excluding hydrogens is 416 g/mol. The Labute approximate surface area is 191 Å². The number of nitrogens with zero attached hydrogens (tertiary/aromatic N) is 3. The first-order valence-electron chi connectivity index (χ1n) is 11.3. The first-order chi connectivity index (χ1) is 14.7. The molecule has 1 N–H and O–H groups in total. The Hall–Kier alpha value is -1.83. The van der Waals surface area contributed by atoms with Gasteiger partial charge < -0.3 is 15.0 Å². The Morgan fingerprint density at radius 1 is 1.06 bits per heavy atom. The van der Waals surface area contributed by atoms with Crippen LogP contribution in [0.4, 0.5) is 5.69 Å². The van der Waals surface area contributed by atoms with Gasteiger partial charge in [-0.1, -0.05) is 12.1 Å². The maximum atomic E-state index is 12.4. The molecule has 0 radical (unpaired) electrons. The van der Waals surface area contributed by atoms with Crippen LogP contribution < -0.4 is 15.0 Å². The molecule has 1 aromatic rings. The molecule has 7 nitrogen and oxygen atoms in total. The van der Waals surface area contributed by atoms with E-state index in [1.807, 2.05) is 13.1 Å². The fourth-order valence-electron chi connectivity index (χ4n) is 4.39. The monoisotopic (exact) mass is 450 g/mol. The summed E-state index contributed by atoms with van der Waals surface area (Å²) in [5.41, 5.74) is 1.20. The maximum Gasteiger partial charge on any atom is 0.234 e. The predicted octanol–water partition coefficient (Wildman–Crippen LogP) is 2.00. The summed E-state index contributed by atoms with van der Waals surface area (Å²) < 4.78 is 6.08. The number of amides is 2. The fraction of sp³-hybridized carbons (Fsp3) is 0.652. The molecule has 3 aliphatic rings. The molecule has 1 unspecified atom stereocenters. The molecule has 1 aliphatic carbocycles. The van der Waals surface area contributed by atoms with E-state index in [9.17, 15) is 9.59 Å². The number of carbonyl (C=O) groups is 2. The zero-order chi connectivity index (χ0) is 20.9. The van der Waals surface area contributed by atoms with Crippen LogP contribution in [-0.2, 0) is 9.59 Å². The normalized spacial score (nSPS) is 22.0. The number of hydrogen-bond donors (Lipinski definition) is 1. The number of piperazine rings is 1. The standard InChI is InChI=1S/C23H34N4O3.ClH/c1-24-16-19-15-22(28)27(23(19)29)10-4-9-25-11-13-26(14-12-25)20-5-2-3-6-21(20)30-17-18-7-8-18;/h2-3,5-6,18-19,24H,4,7-17H2,1H3;1H. The second kappa shape index (κ2) is 11.2. The maximum absolute atomic E-state index is 12.4. The average molecular weight is 451 g/mol. The summed E-state index contributed by atoms with van der Waals surface area (Å²) in [5.74, 6) is 1.53. The quantitative estimate of drug-likeness (QED) is 0.550. The molecule has 3 fully saturated rings. The van der Waals surface area contributed by atoms with E-state index in [1.54, 1.807) is 0 Å². The molecule has 2 amide bonds. The third-order valence-corrected chi connectivity index (χ3v) is 6.39. The van der Waals surface area contributed by atoms with Crippen LogP contribution in [0.1, 0.15) is 25.7 Å². The van der Waals surface area contributed by atoms with Gasteiger partial charge in [-0.2, -0.15) is 0 Å². The number of hydrogen-bond acceptors (Lipinski definition) is 6. The average Bonchev–Trinajstić information content (AvgIpc) is 3.55. The molecule has 1 aromatic carbocycles. The zero-order valence-electron chi connectivity index (χ0n) is 18.4. The summed E-state index contributed by atoms with van der Waals surface area (Å²) in [4.78, 5) is 30.8. The lowest BCUT2D eigenvalue weighted by atomic mass is 10.1. The molecule has 1 saturated carbocycles. The Kier molecular flexibility index (Phi) is 8.58. The zero-order valence-corrected chi connectivity index (χ0v) is 19.2. The summed E-state index contributed by atoms with van der Waals surface area (Å²) in [6.07, 6.45) is 3.78. The van der Waals surface area contributed by atoms with Gasteiger partial charge in [0.25, 0.3) is 0 Å². The van der Waals surface area contributed by atoms with Gasteiger partial charge in [-0.3, -0.25) is 19.4 Å². The lowest BCUT2D eigenvalue weighted by Gasteiger charge is -2.37. The minimum Gasteiger partial charge on any atom is -0.491 e. The Balaban J connectivity index is 0.00000272. The van der Waals surface area contributed by atoms with Crippen LogP contribution in [0.3, 0.4) is 0 Å². The second-order valence-corrected chi connectivity index (χ2v) is 8.75. The van der Waals surface area contributed by atoms with Crippen molar-refractivity contribution in [2.24, 2.45) is 11.8 Å². The number of rotatable bonds is 10. The van der Waals surface area contributed by atoms with Crippen LogP contribution in [-0.4, -0.2) is 81.1 Å². The minimum absolute atomic E-state index is 0. The highest BCUT2D eigenvalue weighted by molar-refractivity contribution is 6.03. The van der Waals surface area contributed by atoms with Crippen LogP contribution in [0, 0.1) is 11.8 Å². The first-order valence-corrected chi connectivity index (χ1v) is 11.3.